The van der Waals surface area contributed by atoms with Crippen LogP contribution in [-0.4, -0.2) is 35.5 Å². The van der Waals surface area contributed by atoms with E-state index in [-0.39, 0.29) is 29.0 Å². The lowest BCUT2D eigenvalue weighted by molar-refractivity contribution is -0.139. The highest BCUT2D eigenvalue weighted by Crippen LogP contribution is 2.16. The van der Waals surface area contributed by atoms with Crippen LogP contribution in [0.1, 0.15) is 10.5 Å². The van der Waals surface area contributed by atoms with Gasteiger partial charge in [0.2, 0.25) is 0 Å². The zero-order chi connectivity index (χ0) is 13.0. The van der Waals surface area contributed by atoms with Crippen molar-refractivity contribution >= 4 is 35.1 Å². The summed E-state index contributed by atoms with van der Waals surface area (Å²) in [5.41, 5.74) is 10.6. The molecule has 0 spiro atoms. The smallest absolute Gasteiger partial charge is 0.325 e. The first-order valence-electron chi connectivity index (χ1n) is 4.39. The molecule has 0 saturated carbocycles. The third kappa shape index (κ3) is 3.18. The average Bonchev–Trinajstić information content (AvgIpc) is 2.30. The summed E-state index contributed by atoms with van der Waals surface area (Å²) in [6, 6.07) is 0. The Morgan fingerprint density at radius 2 is 2.00 bits per heavy atom. The second-order valence-corrected chi connectivity index (χ2v) is 3.25. The maximum atomic E-state index is 11.5. The van der Waals surface area contributed by atoms with Crippen LogP contribution in [0.25, 0.3) is 0 Å². The van der Waals surface area contributed by atoms with Gasteiger partial charge >= 0.3 is 5.97 Å². The summed E-state index contributed by atoms with van der Waals surface area (Å²) in [7, 11) is 1.20. The average molecular weight is 260 g/mol. The monoisotopic (exact) mass is 259 g/mol. The van der Waals surface area contributed by atoms with Crippen molar-refractivity contribution in [2.75, 3.05) is 25.1 Å². The largest absolute Gasteiger partial charge is 0.468 e. The molecule has 0 radical (unpaired) electrons. The van der Waals surface area contributed by atoms with Gasteiger partial charge in [0.1, 0.15) is 6.54 Å². The van der Waals surface area contributed by atoms with Crippen LogP contribution >= 0.6 is 11.6 Å². The van der Waals surface area contributed by atoms with E-state index in [1.807, 2.05) is 0 Å². The summed E-state index contributed by atoms with van der Waals surface area (Å²) in [5, 5.41) is 2.11. The van der Waals surface area contributed by atoms with Crippen molar-refractivity contribution in [1.29, 1.82) is 0 Å². The number of halogens is 1. The molecule has 17 heavy (non-hydrogen) atoms. The van der Waals surface area contributed by atoms with Gasteiger partial charge in [-0.05, 0) is 0 Å². The fraction of sp³-hybridized carbons (Fsp3) is 0.250. The number of carbonyl (C=O) groups is 2. The maximum absolute atomic E-state index is 11.5. The molecule has 5 N–H and O–H groups in total. The molecule has 0 fully saturated rings. The number of rotatable bonds is 3. The molecule has 0 aliphatic carbocycles. The highest BCUT2D eigenvalue weighted by atomic mass is 35.5. The van der Waals surface area contributed by atoms with E-state index in [9.17, 15) is 9.59 Å². The fourth-order valence-electron chi connectivity index (χ4n) is 0.917. The van der Waals surface area contributed by atoms with E-state index in [0.717, 1.165) is 0 Å². The van der Waals surface area contributed by atoms with Gasteiger partial charge in [-0.15, -0.1) is 0 Å². The van der Waals surface area contributed by atoms with Crippen molar-refractivity contribution in [3.8, 4) is 0 Å². The molecule has 0 unspecified atom stereocenters. The zero-order valence-corrected chi connectivity index (χ0v) is 9.61. The topological polar surface area (TPSA) is 133 Å². The van der Waals surface area contributed by atoms with Crippen molar-refractivity contribution in [2.45, 2.75) is 0 Å². The van der Waals surface area contributed by atoms with Gasteiger partial charge in [-0.2, -0.15) is 0 Å². The summed E-state index contributed by atoms with van der Waals surface area (Å²) >= 11 is 5.59. The number of hydrogen-bond acceptors (Lipinski definition) is 7. The number of hydrogen-bond donors (Lipinski definition) is 3. The van der Waals surface area contributed by atoms with Crippen LogP contribution < -0.4 is 16.8 Å². The van der Waals surface area contributed by atoms with Crippen LogP contribution in [0.5, 0.6) is 0 Å². The zero-order valence-electron chi connectivity index (χ0n) is 8.86. The van der Waals surface area contributed by atoms with E-state index in [1.54, 1.807) is 0 Å². The lowest BCUT2D eigenvalue weighted by Crippen LogP contribution is -2.31. The summed E-state index contributed by atoms with van der Waals surface area (Å²) < 4.78 is 4.34. The molecule has 0 saturated heterocycles. The first kappa shape index (κ1) is 13.0. The number of nitrogens with zero attached hydrogens (tertiary/aromatic N) is 2. The van der Waals surface area contributed by atoms with E-state index in [2.05, 4.69) is 20.0 Å². The first-order valence-corrected chi connectivity index (χ1v) is 4.77. The van der Waals surface area contributed by atoms with E-state index < -0.39 is 11.9 Å². The second kappa shape index (κ2) is 5.30. The molecular weight excluding hydrogens is 250 g/mol. The van der Waals surface area contributed by atoms with E-state index in [4.69, 9.17) is 23.1 Å². The molecule has 0 aromatic carbocycles. The minimum Gasteiger partial charge on any atom is -0.468 e. The Morgan fingerprint density at radius 1 is 1.35 bits per heavy atom. The number of nitrogen functional groups attached to an aromatic ring is 2. The number of nitrogens with one attached hydrogen (secondary N) is 1. The van der Waals surface area contributed by atoms with Crippen molar-refractivity contribution in [2.24, 2.45) is 0 Å². The number of nitrogens with two attached hydrogens (primary N) is 2. The third-order valence-corrected chi connectivity index (χ3v) is 2.02. The van der Waals surface area contributed by atoms with Gasteiger partial charge in [0.15, 0.2) is 22.5 Å². The van der Waals surface area contributed by atoms with Crippen LogP contribution in [0.3, 0.4) is 0 Å². The Hall–Kier alpha value is -2.09. The van der Waals surface area contributed by atoms with Crippen molar-refractivity contribution in [1.82, 2.24) is 15.3 Å². The molecule has 9 heteroatoms. The van der Waals surface area contributed by atoms with E-state index in [1.165, 1.54) is 7.11 Å². The summed E-state index contributed by atoms with van der Waals surface area (Å²) in [5.74, 6) is -1.54. The SMILES string of the molecule is COC(=O)CNC(=O)c1nc(Cl)c(N)nc1N. The maximum Gasteiger partial charge on any atom is 0.325 e. The Morgan fingerprint density at radius 3 is 2.59 bits per heavy atom. The number of methoxy groups -OCH3 is 1. The molecule has 1 heterocycles. The molecule has 8 nitrogen and oxygen atoms in total. The molecule has 0 aliphatic rings. The predicted molar refractivity (Wildman–Crippen MR) is 60.2 cm³/mol. The normalized spacial score (nSPS) is 9.76. The molecule has 92 valence electrons. The number of carbonyl (C=O) groups excluding carboxylic acids is 2. The molecule has 1 rings (SSSR count). The van der Waals surface area contributed by atoms with Crippen LogP contribution in [0, 0.1) is 0 Å². The molecule has 1 amide bonds. The van der Waals surface area contributed by atoms with Gasteiger partial charge in [0.05, 0.1) is 7.11 Å². The van der Waals surface area contributed by atoms with Crippen LogP contribution in [0.2, 0.25) is 5.15 Å². The van der Waals surface area contributed by atoms with E-state index >= 15 is 0 Å². The van der Waals surface area contributed by atoms with Crippen molar-refractivity contribution in [3.63, 3.8) is 0 Å². The molecule has 0 bridgehead atoms. The molecule has 0 atom stereocenters. The van der Waals surface area contributed by atoms with Gasteiger partial charge in [0, 0.05) is 0 Å². The van der Waals surface area contributed by atoms with Crippen molar-refractivity contribution < 1.29 is 14.3 Å². The fourth-order valence-corrected chi connectivity index (χ4v) is 1.04. The quantitative estimate of drug-likeness (QED) is 0.605. The van der Waals surface area contributed by atoms with Crippen LogP contribution in [0.4, 0.5) is 11.6 Å². The van der Waals surface area contributed by atoms with Gasteiger partial charge in [0.25, 0.3) is 5.91 Å². The highest BCUT2D eigenvalue weighted by Gasteiger charge is 2.16. The Balaban J connectivity index is 2.82. The number of aromatic nitrogens is 2. The molecular formula is C8H10ClN5O3. The number of esters is 1. The van der Waals surface area contributed by atoms with Gasteiger partial charge in [-0.3, -0.25) is 9.59 Å². The molecule has 1 aromatic heterocycles. The Kier molecular flexibility index (Phi) is 4.05. The summed E-state index contributed by atoms with van der Waals surface area (Å²) in [4.78, 5) is 29.6. The van der Waals surface area contributed by atoms with Gasteiger partial charge in [-0.1, -0.05) is 11.6 Å². The second-order valence-electron chi connectivity index (χ2n) is 2.89. The molecule has 0 aliphatic heterocycles. The number of ether oxygens (including phenoxy) is 1. The minimum absolute atomic E-state index is 0.0753. The summed E-state index contributed by atoms with van der Waals surface area (Å²) in [6.07, 6.45) is 0. The lowest BCUT2D eigenvalue weighted by atomic mass is 10.3. The van der Waals surface area contributed by atoms with Crippen LogP contribution in [-0.2, 0) is 9.53 Å². The van der Waals surface area contributed by atoms with Crippen LogP contribution in [0.15, 0.2) is 0 Å². The standard InChI is InChI=1S/C8H10ClN5O3/c1-17-3(15)2-12-8(16)4-6(10)14-7(11)5(9)13-4/h2H2,1H3,(H,12,16)(H4,10,11,14). The first-order chi connectivity index (χ1) is 7.95. The van der Waals surface area contributed by atoms with Gasteiger partial charge in [-0.25, -0.2) is 9.97 Å². The highest BCUT2D eigenvalue weighted by molar-refractivity contribution is 6.31. The Bertz CT molecular complexity index is 465. The minimum atomic E-state index is -0.692. The predicted octanol–water partition coefficient (Wildman–Crippen LogP) is -0.803. The Labute approximate surface area is 101 Å². The molecule has 1 aromatic rings. The number of anilines is 2. The summed E-state index contributed by atoms with van der Waals surface area (Å²) in [6.45, 7) is -0.307. The van der Waals surface area contributed by atoms with Crippen molar-refractivity contribution in [3.05, 3.63) is 10.8 Å². The lowest BCUT2D eigenvalue weighted by Gasteiger charge is -2.06. The van der Waals surface area contributed by atoms with E-state index in [0.29, 0.717) is 0 Å². The van der Waals surface area contributed by atoms with Gasteiger partial charge < -0.3 is 21.5 Å². The number of amides is 1. The third-order valence-electron chi connectivity index (χ3n) is 1.74.